The lowest BCUT2D eigenvalue weighted by atomic mass is 10.2. The molecule has 0 unspecified atom stereocenters. The average Bonchev–Trinajstić information content (AvgIpc) is 2.82. The van der Waals surface area contributed by atoms with Gasteiger partial charge in [-0.2, -0.15) is 0 Å². The SMILES string of the molecule is NC(=O)c1ccc2nc(-c3ccc(N)cc3)sc2c1. The number of thiazole rings is 1. The van der Waals surface area contributed by atoms with Gasteiger partial charge in [-0.15, -0.1) is 11.3 Å². The third-order valence-electron chi connectivity index (χ3n) is 2.83. The molecular formula is C14H11N3OS. The fourth-order valence-electron chi connectivity index (χ4n) is 1.83. The van der Waals surface area contributed by atoms with Crippen LogP contribution in [0.1, 0.15) is 10.4 Å². The van der Waals surface area contributed by atoms with Gasteiger partial charge in [-0.25, -0.2) is 4.98 Å². The van der Waals surface area contributed by atoms with Gasteiger partial charge in [0.2, 0.25) is 5.91 Å². The molecule has 3 aromatic rings. The first-order valence-electron chi connectivity index (χ1n) is 5.70. The van der Waals surface area contributed by atoms with Gasteiger partial charge < -0.3 is 11.5 Å². The molecule has 19 heavy (non-hydrogen) atoms. The van der Waals surface area contributed by atoms with Gasteiger partial charge in [-0.05, 0) is 42.5 Å². The van der Waals surface area contributed by atoms with Crippen LogP contribution in [0.15, 0.2) is 42.5 Å². The lowest BCUT2D eigenvalue weighted by Crippen LogP contribution is -2.10. The molecule has 4 N–H and O–H groups in total. The molecule has 1 aromatic heterocycles. The number of aromatic nitrogens is 1. The van der Waals surface area contributed by atoms with E-state index in [-0.39, 0.29) is 0 Å². The van der Waals surface area contributed by atoms with E-state index >= 15 is 0 Å². The van der Waals surface area contributed by atoms with Crippen molar-refractivity contribution in [1.29, 1.82) is 0 Å². The summed E-state index contributed by atoms with van der Waals surface area (Å²) in [5.41, 5.74) is 14.0. The van der Waals surface area contributed by atoms with Gasteiger partial charge in [0.25, 0.3) is 0 Å². The minimum atomic E-state index is -0.427. The molecule has 0 bridgehead atoms. The number of carbonyl (C=O) groups excluding carboxylic acids is 1. The van der Waals surface area contributed by atoms with Gasteiger partial charge in [-0.3, -0.25) is 4.79 Å². The summed E-state index contributed by atoms with van der Waals surface area (Å²) in [6, 6.07) is 12.8. The van der Waals surface area contributed by atoms with Crippen LogP contribution in [0.4, 0.5) is 5.69 Å². The third-order valence-corrected chi connectivity index (χ3v) is 3.90. The first-order chi connectivity index (χ1) is 9.13. The Morgan fingerprint density at radius 1 is 1.11 bits per heavy atom. The Morgan fingerprint density at radius 2 is 1.84 bits per heavy atom. The van der Waals surface area contributed by atoms with Gasteiger partial charge in [0.15, 0.2) is 0 Å². The van der Waals surface area contributed by atoms with Gasteiger partial charge in [0.05, 0.1) is 10.2 Å². The summed E-state index contributed by atoms with van der Waals surface area (Å²) >= 11 is 1.53. The normalized spacial score (nSPS) is 10.7. The zero-order valence-corrected chi connectivity index (χ0v) is 10.8. The lowest BCUT2D eigenvalue weighted by Gasteiger charge is -1.95. The summed E-state index contributed by atoms with van der Waals surface area (Å²) in [5, 5.41) is 0.900. The molecule has 0 atom stereocenters. The number of nitrogens with two attached hydrogens (primary N) is 2. The number of nitrogens with zero attached hydrogens (tertiary/aromatic N) is 1. The van der Waals surface area contributed by atoms with Crippen molar-refractivity contribution in [2.24, 2.45) is 5.73 Å². The number of anilines is 1. The van der Waals surface area contributed by atoms with E-state index in [4.69, 9.17) is 11.5 Å². The minimum absolute atomic E-state index is 0.427. The Balaban J connectivity index is 2.11. The van der Waals surface area contributed by atoms with Gasteiger partial charge in [0.1, 0.15) is 5.01 Å². The predicted octanol–water partition coefficient (Wildman–Crippen LogP) is 2.64. The fourth-order valence-corrected chi connectivity index (χ4v) is 2.84. The van der Waals surface area contributed by atoms with Crippen LogP contribution >= 0.6 is 11.3 Å². The number of primary amides is 1. The molecule has 94 valence electrons. The van der Waals surface area contributed by atoms with E-state index < -0.39 is 5.91 Å². The molecule has 0 saturated heterocycles. The average molecular weight is 269 g/mol. The van der Waals surface area contributed by atoms with Crippen molar-refractivity contribution >= 4 is 33.1 Å². The summed E-state index contributed by atoms with van der Waals surface area (Å²) in [6.07, 6.45) is 0. The summed E-state index contributed by atoms with van der Waals surface area (Å²) < 4.78 is 0.947. The number of amides is 1. The van der Waals surface area contributed by atoms with Gasteiger partial charge >= 0.3 is 0 Å². The van der Waals surface area contributed by atoms with Crippen LogP contribution in [0.2, 0.25) is 0 Å². The monoisotopic (exact) mass is 269 g/mol. The highest BCUT2D eigenvalue weighted by Gasteiger charge is 2.08. The van der Waals surface area contributed by atoms with Crippen molar-refractivity contribution in [2.45, 2.75) is 0 Å². The molecule has 3 rings (SSSR count). The van der Waals surface area contributed by atoms with Crippen molar-refractivity contribution in [3.8, 4) is 10.6 Å². The minimum Gasteiger partial charge on any atom is -0.399 e. The summed E-state index contributed by atoms with van der Waals surface area (Å²) in [7, 11) is 0. The molecule has 0 fully saturated rings. The highest BCUT2D eigenvalue weighted by molar-refractivity contribution is 7.21. The van der Waals surface area contributed by atoms with Crippen LogP contribution < -0.4 is 11.5 Å². The van der Waals surface area contributed by atoms with Crippen LogP contribution in [-0.4, -0.2) is 10.9 Å². The number of rotatable bonds is 2. The second kappa shape index (κ2) is 4.37. The highest BCUT2D eigenvalue weighted by Crippen LogP contribution is 2.30. The number of benzene rings is 2. The molecule has 1 amide bonds. The maximum absolute atomic E-state index is 11.2. The number of nitrogen functional groups attached to an aromatic ring is 1. The van der Waals surface area contributed by atoms with Crippen LogP contribution in [0.25, 0.3) is 20.8 Å². The molecular weight excluding hydrogens is 258 g/mol. The van der Waals surface area contributed by atoms with Crippen molar-refractivity contribution in [2.75, 3.05) is 5.73 Å². The first kappa shape index (κ1) is 11.7. The Bertz CT molecular complexity index is 762. The highest BCUT2D eigenvalue weighted by atomic mass is 32.1. The molecule has 0 aliphatic rings. The van der Waals surface area contributed by atoms with Crippen molar-refractivity contribution in [1.82, 2.24) is 4.98 Å². The summed E-state index contributed by atoms with van der Waals surface area (Å²) in [5.74, 6) is -0.427. The molecule has 4 nitrogen and oxygen atoms in total. The van der Waals surface area contributed by atoms with Crippen LogP contribution in [-0.2, 0) is 0 Å². The maximum atomic E-state index is 11.2. The summed E-state index contributed by atoms with van der Waals surface area (Å²) in [6.45, 7) is 0. The van der Waals surface area contributed by atoms with E-state index in [1.165, 1.54) is 11.3 Å². The molecule has 1 heterocycles. The Labute approximate surface area is 113 Å². The lowest BCUT2D eigenvalue weighted by molar-refractivity contribution is 0.100. The molecule has 0 spiro atoms. The van der Waals surface area contributed by atoms with Crippen molar-refractivity contribution in [3.63, 3.8) is 0 Å². The van der Waals surface area contributed by atoms with E-state index in [0.717, 1.165) is 26.5 Å². The quantitative estimate of drug-likeness (QED) is 0.702. The number of carbonyl (C=O) groups is 1. The molecule has 0 aliphatic heterocycles. The first-order valence-corrected chi connectivity index (χ1v) is 6.51. The number of hydrogen-bond acceptors (Lipinski definition) is 4. The van der Waals surface area contributed by atoms with E-state index in [9.17, 15) is 4.79 Å². The Kier molecular flexibility index (Phi) is 2.68. The van der Waals surface area contributed by atoms with Gasteiger partial charge in [0, 0.05) is 16.8 Å². The molecule has 0 saturated carbocycles. The van der Waals surface area contributed by atoms with Crippen LogP contribution in [0.5, 0.6) is 0 Å². The van der Waals surface area contributed by atoms with E-state index in [1.54, 1.807) is 12.1 Å². The molecule has 5 heteroatoms. The van der Waals surface area contributed by atoms with Gasteiger partial charge in [-0.1, -0.05) is 0 Å². The zero-order chi connectivity index (χ0) is 13.4. The zero-order valence-electron chi connectivity index (χ0n) is 9.96. The Hall–Kier alpha value is -2.40. The van der Waals surface area contributed by atoms with Crippen molar-refractivity contribution in [3.05, 3.63) is 48.0 Å². The number of fused-ring (bicyclic) bond motifs is 1. The van der Waals surface area contributed by atoms with E-state index in [0.29, 0.717) is 5.56 Å². The van der Waals surface area contributed by atoms with E-state index in [1.807, 2.05) is 30.3 Å². The standard InChI is InChI=1S/C14H11N3OS/c15-10-4-1-8(2-5-10)14-17-11-6-3-9(13(16)18)7-12(11)19-14/h1-7H,15H2,(H2,16,18). The molecule has 0 radical (unpaired) electrons. The molecule has 2 aromatic carbocycles. The third kappa shape index (κ3) is 2.15. The smallest absolute Gasteiger partial charge is 0.248 e. The largest absolute Gasteiger partial charge is 0.399 e. The molecule has 0 aliphatic carbocycles. The second-order valence-electron chi connectivity index (χ2n) is 4.19. The van der Waals surface area contributed by atoms with Crippen LogP contribution in [0.3, 0.4) is 0 Å². The Morgan fingerprint density at radius 3 is 2.53 bits per heavy atom. The summed E-state index contributed by atoms with van der Waals surface area (Å²) in [4.78, 5) is 15.7. The van der Waals surface area contributed by atoms with Crippen molar-refractivity contribution < 1.29 is 4.79 Å². The number of hydrogen-bond donors (Lipinski definition) is 2. The fraction of sp³-hybridized carbons (Fsp3) is 0. The van der Waals surface area contributed by atoms with E-state index in [2.05, 4.69) is 4.98 Å². The predicted molar refractivity (Wildman–Crippen MR) is 78.0 cm³/mol. The van der Waals surface area contributed by atoms with Crippen LogP contribution in [0, 0.1) is 0 Å². The second-order valence-corrected chi connectivity index (χ2v) is 5.22. The maximum Gasteiger partial charge on any atom is 0.248 e. The topological polar surface area (TPSA) is 82.0 Å².